The summed E-state index contributed by atoms with van der Waals surface area (Å²) in [4.78, 5) is 0. The summed E-state index contributed by atoms with van der Waals surface area (Å²) in [6.45, 7) is 0. The molecule has 0 aliphatic rings. The largest absolute Gasteiger partial charge is 0.416 e. The van der Waals surface area contributed by atoms with Crippen LogP contribution in [0.15, 0.2) is 24.3 Å². The van der Waals surface area contributed by atoms with Crippen LogP contribution >= 0.6 is 11.6 Å². The standard InChI is InChI=1S/C10H10ClF3/c11-6-2-4-8-3-1-5-9(7-8)10(12,13)14/h1,3,5,7H,2,4,6H2. The van der Waals surface area contributed by atoms with Crippen molar-refractivity contribution in [3.63, 3.8) is 0 Å². The van der Waals surface area contributed by atoms with Crippen molar-refractivity contribution in [1.82, 2.24) is 0 Å². The summed E-state index contributed by atoms with van der Waals surface area (Å²) in [6.07, 6.45) is -2.97. The minimum absolute atomic E-state index is 0.468. The van der Waals surface area contributed by atoms with E-state index in [1.807, 2.05) is 0 Å². The highest BCUT2D eigenvalue weighted by atomic mass is 35.5. The van der Waals surface area contributed by atoms with Gasteiger partial charge in [0.2, 0.25) is 0 Å². The molecule has 0 unspecified atom stereocenters. The normalized spacial score (nSPS) is 11.7. The molecule has 1 aromatic rings. The Balaban J connectivity index is 2.79. The predicted molar refractivity (Wildman–Crippen MR) is 50.5 cm³/mol. The van der Waals surface area contributed by atoms with Crippen molar-refractivity contribution >= 4 is 11.6 Å². The van der Waals surface area contributed by atoms with Crippen LogP contribution in [0.25, 0.3) is 0 Å². The lowest BCUT2D eigenvalue weighted by Gasteiger charge is -2.07. The second-order valence-corrected chi connectivity index (χ2v) is 3.37. The molecule has 0 saturated carbocycles. The molecule has 0 aromatic heterocycles. The Morgan fingerprint density at radius 3 is 2.50 bits per heavy atom. The van der Waals surface area contributed by atoms with Gasteiger partial charge in [-0.1, -0.05) is 18.2 Å². The smallest absolute Gasteiger partial charge is 0.166 e. The molecule has 0 aliphatic heterocycles. The summed E-state index contributed by atoms with van der Waals surface area (Å²) in [7, 11) is 0. The maximum absolute atomic E-state index is 12.3. The van der Waals surface area contributed by atoms with Crippen LogP contribution in [0.3, 0.4) is 0 Å². The van der Waals surface area contributed by atoms with Crippen LogP contribution in [0.4, 0.5) is 13.2 Å². The fourth-order valence-corrected chi connectivity index (χ4v) is 1.31. The second-order valence-electron chi connectivity index (χ2n) is 2.99. The first-order chi connectivity index (χ1) is 6.54. The minimum Gasteiger partial charge on any atom is -0.166 e. The average molecular weight is 223 g/mol. The molecule has 0 N–H and O–H groups in total. The zero-order valence-electron chi connectivity index (χ0n) is 7.44. The maximum atomic E-state index is 12.3. The molecule has 0 aliphatic carbocycles. The van der Waals surface area contributed by atoms with E-state index in [2.05, 4.69) is 0 Å². The Hall–Kier alpha value is -0.700. The Kier molecular flexibility index (Phi) is 3.81. The van der Waals surface area contributed by atoms with E-state index in [1.54, 1.807) is 6.07 Å². The minimum atomic E-state index is -4.25. The second kappa shape index (κ2) is 4.69. The molecule has 78 valence electrons. The van der Waals surface area contributed by atoms with Gasteiger partial charge in [-0.25, -0.2) is 0 Å². The maximum Gasteiger partial charge on any atom is 0.416 e. The molecule has 0 nitrogen and oxygen atoms in total. The molecule has 14 heavy (non-hydrogen) atoms. The topological polar surface area (TPSA) is 0 Å². The number of benzene rings is 1. The predicted octanol–water partition coefficient (Wildman–Crippen LogP) is 3.88. The van der Waals surface area contributed by atoms with Gasteiger partial charge in [0.15, 0.2) is 0 Å². The van der Waals surface area contributed by atoms with Crippen molar-refractivity contribution in [2.24, 2.45) is 0 Å². The lowest BCUT2D eigenvalue weighted by molar-refractivity contribution is -0.137. The van der Waals surface area contributed by atoms with Crippen LogP contribution in [0.1, 0.15) is 17.5 Å². The first kappa shape index (κ1) is 11.4. The lowest BCUT2D eigenvalue weighted by atomic mass is 10.1. The number of alkyl halides is 4. The van der Waals surface area contributed by atoms with Crippen molar-refractivity contribution in [1.29, 1.82) is 0 Å². The molecule has 0 spiro atoms. The van der Waals surface area contributed by atoms with Crippen molar-refractivity contribution in [3.05, 3.63) is 35.4 Å². The Morgan fingerprint density at radius 2 is 1.93 bits per heavy atom. The van der Waals surface area contributed by atoms with Crippen LogP contribution in [0.5, 0.6) is 0 Å². The molecule has 0 amide bonds. The summed E-state index contributed by atoms with van der Waals surface area (Å²) in [5.74, 6) is 0.468. The van der Waals surface area contributed by atoms with Crippen molar-refractivity contribution in [2.75, 3.05) is 5.88 Å². The fraction of sp³-hybridized carbons (Fsp3) is 0.400. The van der Waals surface area contributed by atoms with E-state index in [0.717, 1.165) is 6.07 Å². The van der Waals surface area contributed by atoms with Crippen LogP contribution in [-0.2, 0) is 12.6 Å². The summed E-state index contributed by atoms with van der Waals surface area (Å²) < 4.78 is 36.8. The van der Waals surface area contributed by atoms with E-state index in [0.29, 0.717) is 24.3 Å². The van der Waals surface area contributed by atoms with Crippen molar-refractivity contribution in [3.8, 4) is 0 Å². The van der Waals surface area contributed by atoms with Crippen LogP contribution < -0.4 is 0 Å². The van der Waals surface area contributed by atoms with Gasteiger partial charge in [0, 0.05) is 5.88 Å². The zero-order valence-corrected chi connectivity index (χ0v) is 8.20. The fourth-order valence-electron chi connectivity index (χ4n) is 1.17. The SMILES string of the molecule is FC(F)(F)c1cccc(CCCCl)c1. The Morgan fingerprint density at radius 1 is 1.21 bits per heavy atom. The van der Waals surface area contributed by atoms with E-state index < -0.39 is 11.7 Å². The van der Waals surface area contributed by atoms with Gasteiger partial charge in [-0.05, 0) is 24.5 Å². The van der Waals surface area contributed by atoms with Gasteiger partial charge in [0.05, 0.1) is 5.56 Å². The highest BCUT2D eigenvalue weighted by molar-refractivity contribution is 6.17. The van der Waals surface area contributed by atoms with Gasteiger partial charge in [-0.15, -0.1) is 11.6 Å². The monoisotopic (exact) mass is 222 g/mol. The van der Waals surface area contributed by atoms with Gasteiger partial charge < -0.3 is 0 Å². The number of hydrogen-bond donors (Lipinski definition) is 0. The number of aryl methyl sites for hydroxylation is 1. The molecule has 1 aromatic carbocycles. The molecule has 0 fully saturated rings. The summed E-state index contributed by atoms with van der Waals surface area (Å²) >= 11 is 5.46. The molecular weight excluding hydrogens is 213 g/mol. The quantitative estimate of drug-likeness (QED) is 0.681. The van der Waals surface area contributed by atoms with E-state index in [9.17, 15) is 13.2 Å². The van der Waals surface area contributed by atoms with Gasteiger partial charge in [-0.2, -0.15) is 13.2 Å². The van der Waals surface area contributed by atoms with Crippen LogP contribution in [0, 0.1) is 0 Å². The number of rotatable bonds is 3. The molecule has 4 heteroatoms. The molecule has 0 atom stereocenters. The third kappa shape index (κ3) is 3.22. The molecule has 0 saturated heterocycles. The van der Waals surface area contributed by atoms with Gasteiger partial charge >= 0.3 is 6.18 Å². The highest BCUT2D eigenvalue weighted by Crippen LogP contribution is 2.29. The van der Waals surface area contributed by atoms with E-state index in [4.69, 9.17) is 11.6 Å². The Bertz CT molecular complexity index is 294. The van der Waals surface area contributed by atoms with Crippen LogP contribution in [-0.4, -0.2) is 5.88 Å². The van der Waals surface area contributed by atoms with E-state index in [-0.39, 0.29) is 0 Å². The van der Waals surface area contributed by atoms with Gasteiger partial charge in [0.25, 0.3) is 0 Å². The average Bonchev–Trinajstić information content (AvgIpc) is 2.14. The summed E-state index contributed by atoms with van der Waals surface area (Å²) in [5.41, 5.74) is 0.0880. The van der Waals surface area contributed by atoms with Crippen molar-refractivity contribution < 1.29 is 13.2 Å². The zero-order chi connectivity index (χ0) is 10.6. The van der Waals surface area contributed by atoms with E-state index >= 15 is 0 Å². The highest BCUT2D eigenvalue weighted by Gasteiger charge is 2.30. The first-order valence-corrected chi connectivity index (χ1v) is 4.79. The summed E-state index contributed by atoms with van der Waals surface area (Å²) in [5, 5.41) is 0. The number of hydrogen-bond acceptors (Lipinski definition) is 0. The molecule has 1 rings (SSSR count). The third-order valence-corrected chi connectivity index (χ3v) is 2.12. The van der Waals surface area contributed by atoms with Crippen molar-refractivity contribution in [2.45, 2.75) is 19.0 Å². The molecule has 0 heterocycles. The first-order valence-electron chi connectivity index (χ1n) is 4.26. The Labute approximate surface area is 85.7 Å². The third-order valence-electron chi connectivity index (χ3n) is 1.85. The van der Waals surface area contributed by atoms with Gasteiger partial charge in [0.1, 0.15) is 0 Å². The van der Waals surface area contributed by atoms with Crippen LogP contribution in [0.2, 0.25) is 0 Å². The van der Waals surface area contributed by atoms with E-state index in [1.165, 1.54) is 12.1 Å². The molecular formula is C10H10ClF3. The summed E-state index contributed by atoms with van der Waals surface area (Å²) in [6, 6.07) is 5.35. The molecule has 0 radical (unpaired) electrons. The number of halogens is 4. The van der Waals surface area contributed by atoms with Gasteiger partial charge in [-0.3, -0.25) is 0 Å². The molecule has 0 bridgehead atoms. The lowest BCUT2D eigenvalue weighted by Crippen LogP contribution is -2.05.